The minimum atomic E-state index is -0.515. The largest absolute Gasteiger partial charge is 0.317 e. The van der Waals surface area contributed by atoms with Gasteiger partial charge >= 0.3 is 0 Å². The molecular weight excluding hydrogens is 259 g/mol. The van der Waals surface area contributed by atoms with Crippen molar-refractivity contribution in [2.75, 3.05) is 26.2 Å². The summed E-state index contributed by atoms with van der Waals surface area (Å²) in [4.78, 5) is 0. The van der Waals surface area contributed by atoms with Gasteiger partial charge in [0.25, 0.3) is 14.1 Å². The highest BCUT2D eigenvalue weighted by Gasteiger charge is 2.41. The average Bonchev–Trinajstić information content (AvgIpc) is 2.49. The molecule has 2 N–H and O–H groups in total. The van der Waals surface area contributed by atoms with E-state index in [0.29, 0.717) is 5.41 Å². The van der Waals surface area contributed by atoms with Crippen LogP contribution in [-0.4, -0.2) is 40.3 Å². The molecule has 0 aromatic rings. The first-order valence-electron chi connectivity index (χ1n) is 9.13. The predicted molar refractivity (Wildman–Crippen MR) is 93.0 cm³/mol. The van der Waals surface area contributed by atoms with E-state index in [9.17, 15) is 0 Å². The van der Waals surface area contributed by atoms with Crippen molar-refractivity contribution in [1.29, 1.82) is 0 Å². The molecule has 0 radical (unpaired) electrons. The fourth-order valence-electron chi connectivity index (χ4n) is 4.12. The van der Waals surface area contributed by atoms with Crippen LogP contribution in [0.2, 0.25) is 15.8 Å². The van der Waals surface area contributed by atoms with Crippen LogP contribution in [0.15, 0.2) is 0 Å². The Morgan fingerprint density at radius 3 is 2.30 bits per heavy atom. The Kier molecular flexibility index (Phi) is 9.46. The van der Waals surface area contributed by atoms with Crippen molar-refractivity contribution in [3.63, 3.8) is 0 Å². The molecule has 3 heteroatoms. The Morgan fingerprint density at radius 1 is 1.00 bits per heavy atom. The Morgan fingerprint density at radius 2 is 1.70 bits per heavy atom. The number of hydrogen-bond donors (Lipinski definition) is 2. The summed E-state index contributed by atoms with van der Waals surface area (Å²) < 4.78 is 0. The van der Waals surface area contributed by atoms with Crippen LogP contribution < -0.4 is 10.6 Å². The zero-order valence-electron chi connectivity index (χ0n) is 14.4. The van der Waals surface area contributed by atoms with Gasteiger partial charge in [-0.3, -0.25) is 0 Å². The molecule has 0 bridgehead atoms. The summed E-state index contributed by atoms with van der Waals surface area (Å²) >= 11 is -0.515. The van der Waals surface area contributed by atoms with Gasteiger partial charge in [0.05, 0.1) is 0 Å². The molecule has 2 atom stereocenters. The van der Waals surface area contributed by atoms with Crippen LogP contribution in [0.5, 0.6) is 0 Å². The summed E-state index contributed by atoms with van der Waals surface area (Å²) in [6.07, 6.45) is 5.84. The maximum Gasteiger partial charge on any atom is 0.261 e. The molecule has 2 unspecified atom stereocenters. The SMILES string of the molecule is CCNCC1CCCCC1(CNCC)[CH2][Al]([CH2]C)[CH2]C. The normalized spacial score (nSPS) is 26.7. The molecule has 0 saturated heterocycles. The average molecular weight is 296 g/mol. The minimum absolute atomic E-state index is 0.515. The standard InChI is InChI=1S/C13H27N2.2C2H5.Al/c1-4-14-10-12-8-6-7-9-13(12,3)11-15-5-2;2*1-2;/h12,14-15H,3-11H2,1-2H3;2*1H2,2H3;. The fraction of sp³-hybridized carbons (Fsp3) is 1.00. The molecule has 0 aromatic carbocycles. The molecule has 1 aliphatic rings. The van der Waals surface area contributed by atoms with E-state index < -0.39 is 14.1 Å². The van der Waals surface area contributed by atoms with Crippen molar-refractivity contribution in [2.45, 2.75) is 69.2 Å². The summed E-state index contributed by atoms with van der Waals surface area (Å²) in [5.41, 5.74) is 0.610. The molecule has 1 aliphatic carbocycles. The van der Waals surface area contributed by atoms with E-state index in [1.807, 2.05) is 0 Å². The number of nitrogens with one attached hydrogen (secondary N) is 2. The van der Waals surface area contributed by atoms with E-state index in [4.69, 9.17) is 0 Å². The third kappa shape index (κ3) is 5.34. The Bertz CT molecular complexity index is 243. The lowest BCUT2D eigenvalue weighted by atomic mass is 9.67. The third-order valence-corrected chi connectivity index (χ3v) is 9.26. The van der Waals surface area contributed by atoms with Gasteiger partial charge < -0.3 is 10.6 Å². The van der Waals surface area contributed by atoms with Gasteiger partial charge in [0.1, 0.15) is 0 Å². The van der Waals surface area contributed by atoms with E-state index in [1.54, 1.807) is 5.28 Å². The Balaban J connectivity index is 2.79. The first kappa shape index (κ1) is 18.5. The summed E-state index contributed by atoms with van der Waals surface area (Å²) in [7, 11) is 0. The van der Waals surface area contributed by atoms with Gasteiger partial charge in [0, 0.05) is 0 Å². The molecule has 20 heavy (non-hydrogen) atoms. The summed E-state index contributed by atoms with van der Waals surface area (Å²) in [5.74, 6) is 0.906. The lowest BCUT2D eigenvalue weighted by Gasteiger charge is -2.46. The second-order valence-corrected chi connectivity index (χ2v) is 10.6. The second kappa shape index (κ2) is 10.2. The topological polar surface area (TPSA) is 24.1 Å². The van der Waals surface area contributed by atoms with Crippen molar-refractivity contribution in [1.82, 2.24) is 10.6 Å². The van der Waals surface area contributed by atoms with Crippen molar-refractivity contribution >= 4 is 14.1 Å². The molecule has 2 nitrogen and oxygen atoms in total. The maximum atomic E-state index is 3.71. The minimum Gasteiger partial charge on any atom is -0.317 e. The van der Waals surface area contributed by atoms with Crippen molar-refractivity contribution in [3.05, 3.63) is 0 Å². The van der Waals surface area contributed by atoms with Gasteiger partial charge in [0.2, 0.25) is 0 Å². The van der Waals surface area contributed by atoms with E-state index in [0.717, 1.165) is 19.0 Å². The predicted octanol–water partition coefficient (Wildman–Crippen LogP) is 3.92. The summed E-state index contributed by atoms with van der Waals surface area (Å²) in [6, 6.07) is 0. The summed E-state index contributed by atoms with van der Waals surface area (Å²) in [6.45, 7) is 14.1. The van der Waals surface area contributed by atoms with Crippen LogP contribution in [0.25, 0.3) is 0 Å². The monoisotopic (exact) mass is 296 g/mol. The highest BCUT2D eigenvalue weighted by molar-refractivity contribution is 6.58. The summed E-state index contributed by atoms with van der Waals surface area (Å²) in [5, 5.41) is 11.9. The van der Waals surface area contributed by atoms with Gasteiger partial charge in [-0.05, 0) is 50.4 Å². The van der Waals surface area contributed by atoms with Gasteiger partial charge in [-0.1, -0.05) is 56.4 Å². The van der Waals surface area contributed by atoms with Crippen LogP contribution in [-0.2, 0) is 0 Å². The zero-order valence-corrected chi connectivity index (χ0v) is 15.6. The fourth-order valence-corrected chi connectivity index (χ4v) is 7.10. The molecule has 0 amide bonds. The van der Waals surface area contributed by atoms with Crippen LogP contribution in [0.3, 0.4) is 0 Å². The van der Waals surface area contributed by atoms with Gasteiger partial charge in [-0.25, -0.2) is 0 Å². The van der Waals surface area contributed by atoms with E-state index in [-0.39, 0.29) is 0 Å². The molecule has 1 rings (SSSR count). The van der Waals surface area contributed by atoms with Crippen LogP contribution in [0, 0.1) is 11.3 Å². The first-order chi connectivity index (χ1) is 9.72. The molecule has 1 fully saturated rings. The van der Waals surface area contributed by atoms with Crippen molar-refractivity contribution < 1.29 is 0 Å². The smallest absolute Gasteiger partial charge is 0.261 e. The van der Waals surface area contributed by atoms with Gasteiger partial charge in [-0.15, -0.1) is 0 Å². The zero-order chi connectivity index (χ0) is 14.8. The Labute approximate surface area is 131 Å². The number of rotatable bonds is 10. The Hall–Kier alpha value is 0.452. The highest BCUT2D eigenvalue weighted by atomic mass is 27.2. The lowest BCUT2D eigenvalue weighted by Crippen LogP contribution is -2.48. The van der Waals surface area contributed by atoms with E-state index >= 15 is 0 Å². The van der Waals surface area contributed by atoms with E-state index in [2.05, 4.69) is 38.3 Å². The molecule has 0 aliphatic heterocycles. The molecule has 0 aromatic heterocycles. The molecule has 118 valence electrons. The number of hydrogen-bond acceptors (Lipinski definition) is 2. The van der Waals surface area contributed by atoms with Crippen molar-refractivity contribution in [2.24, 2.45) is 11.3 Å². The van der Waals surface area contributed by atoms with Gasteiger partial charge in [-0.2, -0.15) is 0 Å². The van der Waals surface area contributed by atoms with Crippen LogP contribution in [0.1, 0.15) is 53.4 Å². The van der Waals surface area contributed by atoms with Crippen LogP contribution >= 0.6 is 0 Å². The molecule has 0 heterocycles. The van der Waals surface area contributed by atoms with Crippen LogP contribution in [0.4, 0.5) is 0 Å². The molecule has 0 spiro atoms. The molecule has 1 saturated carbocycles. The second-order valence-electron chi connectivity index (χ2n) is 6.78. The van der Waals surface area contributed by atoms with E-state index in [1.165, 1.54) is 49.3 Å². The van der Waals surface area contributed by atoms with Crippen molar-refractivity contribution in [3.8, 4) is 0 Å². The maximum absolute atomic E-state index is 3.71. The quantitative estimate of drug-likeness (QED) is 0.597. The highest BCUT2D eigenvalue weighted by Crippen LogP contribution is 2.45. The van der Waals surface area contributed by atoms with Gasteiger partial charge in [0.15, 0.2) is 0 Å². The third-order valence-electron chi connectivity index (χ3n) is 5.56. The first-order valence-corrected chi connectivity index (χ1v) is 11.6. The lowest BCUT2D eigenvalue weighted by molar-refractivity contribution is 0.111. The molecular formula is C17H37AlN2.